The lowest BCUT2D eigenvalue weighted by Crippen LogP contribution is -2.24. The minimum atomic E-state index is -0.133. The van der Waals surface area contributed by atoms with Gasteiger partial charge in [0.2, 0.25) is 5.91 Å². The van der Waals surface area contributed by atoms with Gasteiger partial charge in [0.05, 0.1) is 25.5 Å². The average Bonchev–Trinajstić information content (AvgIpc) is 2.93. The van der Waals surface area contributed by atoms with E-state index < -0.39 is 0 Å². The van der Waals surface area contributed by atoms with Crippen LogP contribution in [0.2, 0.25) is 0 Å². The number of ether oxygens (including phenoxy) is 1. The van der Waals surface area contributed by atoms with Crippen molar-refractivity contribution < 1.29 is 9.53 Å². The first-order chi connectivity index (χ1) is 10.5. The number of nitrogens with zero attached hydrogens (tertiary/aromatic N) is 2. The zero-order valence-corrected chi connectivity index (χ0v) is 13.4. The lowest BCUT2D eigenvalue weighted by Gasteiger charge is -2.14. The summed E-state index contributed by atoms with van der Waals surface area (Å²) >= 11 is 0. The molecule has 0 aliphatic rings. The summed E-state index contributed by atoms with van der Waals surface area (Å²) in [5.74, 6) is 1.27. The first kappa shape index (κ1) is 15.9. The van der Waals surface area contributed by atoms with Gasteiger partial charge in [0.15, 0.2) is 0 Å². The number of hydrogen-bond donors (Lipinski definition) is 2. The van der Waals surface area contributed by atoms with Crippen LogP contribution in [0.4, 0.5) is 11.5 Å². The van der Waals surface area contributed by atoms with Gasteiger partial charge in [-0.2, -0.15) is 5.10 Å². The lowest BCUT2D eigenvalue weighted by molar-refractivity contribution is -0.114. The van der Waals surface area contributed by atoms with E-state index in [4.69, 9.17) is 4.74 Å². The van der Waals surface area contributed by atoms with Crippen LogP contribution in [0.1, 0.15) is 25.5 Å². The highest BCUT2D eigenvalue weighted by molar-refractivity contribution is 5.93. The SMILES string of the molecule is COc1ccc(C)cc1NCC(=O)Nc1ccnn1C(C)C. The summed E-state index contributed by atoms with van der Waals surface area (Å²) in [6, 6.07) is 7.76. The van der Waals surface area contributed by atoms with Gasteiger partial charge < -0.3 is 15.4 Å². The molecule has 0 atom stereocenters. The van der Waals surface area contributed by atoms with E-state index in [0.29, 0.717) is 11.6 Å². The number of carbonyl (C=O) groups is 1. The smallest absolute Gasteiger partial charge is 0.244 e. The lowest BCUT2D eigenvalue weighted by atomic mass is 10.2. The predicted molar refractivity (Wildman–Crippen MR) is 87.5 cm³/mol. The summed E-state index contributed by atoms with van der Waals surface area (Å²) in [5, 5.41) is 10.1. The molecule has 0 saturated carbocycles. The molecule has 0 aliphatic carbocycles. The largest absolute Gasteiger partial charge is 0.495 e. The van der Waals surface area contributed by atoms with E-state index in [9.17, 15) is 4.79 Å². The van der Waals surface area contributed by atoms with Crippen LogP contribution in [-0.4, -0.2) is 29.3 Å². The van der Waals surface area contributed by atoms with Crippen LogP contribution in [0.25, 0.3) is 0 Å². The molecule has 6 heteroatoms. The second-order valence-electron chi connectivity index (χ2n) is 5.36. The summed E-state index contributed by atoms with van der Waals surface area (Å²) in [6.45, 7) is 6.17. The third kappa shape index (κ3) is 3.78. The number of methoxy groups -OCH3 is 1. The minimum absolute atomic E-state index is 0.133. The second kappa shape index (κ2) is 6.98. The summed E-state index contributed by atoms with van der Waals surface area (Å²) in [6.07, 6.45) is 1.67. The average molecular weight is 302 g/mol. The van der Waals surface area contributed by atoms with E-state index in [1.54, 1.807) is 24.1 Å². The number of benzene rings is 1. The van der Waals surface area contributed by atoms with E-state index >= 15 is 0 Å². The minimum Gasteiger partial charge on any atom is -0.495 e. The second-order valence-corrected chi connectivity index (χ2v) is 5.36. The van der Waals surface area contributed by atoms with Gasteiger partial charge in [0, 0.05) is 12.1 Å². The molecule has 1 amide bonds. The molecule has 0 spiro atoms. The van der Waals surface area contributed by atoms with Crippen molar-refractivity contribution in [2.75, 3.05) is 24.3 Å². The molecule has 0 saturated heterocycles. The van der Waals surface area contributed by atoms with Crippen molar-refractivity contribution in [1.82, 2.24) is 9.78 Å². The van der Waals surface area contributed by atoms with Crippen LogP contribution in [0.15, 0.2) is 30.5 Å². The highest BCUT2D eigenvalue weighted by atomic mass is 16.5. The fourth-order valence-electron chi connectivity index (χ4n) is 2.15. The number of hydrogen-bond acceptors (Lipinski definition) is 4. The fourth-order valence-corrected chi connectivity index (χ4v) is 2.15. The molecular formula is C16H22N4O2. The normalized spacial score (nSPS) is 10.6. The molecule has 2 rings (SSSR count). The molecule has 22 heavy (non-hydrogen) atoms. The van der Waals surface area contributed by atoms with Crippen LogP contribution >= 0.6 is 0 Å². The van der Waals surface area contributed by atoms with Crippen LogP contribution < -0.4 is 15.4 Å². The number of nitrogens with one attached hydrogen (secondary N) is 2. The number of aromatic nitrogens is 2. The Morgan fingerprint density at radius 2 is 2.14 bits per heavy atom. The van der Waals surface area contributed by atoms with Crippen LogP contribution in [0.3, 0.4) is 0 Å². The number of anilines is 2. The standard InChI is InChI=1S/C16H22N4O2/c1-11(2)20-15(7-8-18-20)19-16(21)10-17-13-9-12(3)5-6-14(13)22-4/h5-9,11,17H,10H2,1-4H3,(H,19,21). The van der Waals surface area contributed by atoms with Gasteiger partial charge in [-0.15, -0.1) is 0 Å². The van der Waals surface area contributed by atoms with Crippen LogP contribution in [0, 0.1) is 6.92 Å². The Hall–Kier alpha value is -2.50. The van der Waals surface area contributed by atoms with E-state index in [1.165, 1.54) is 0 Å². The molecule has 0 aliphatic heterocycles. The molecule has 0 fully saturated rings. The maximum absolute atomic E-state index is 12.1. The molecule has 6 nitrogen and oxygen atoms in total. The Kier molecular flexibility index (Phi) is 5.04. The van der Waals surface area contributed by atoms with E-state index in [0.717, 1.165) is 11.3 Å². The highest BCUT2D eigenvalue weighted by Crippen LogP contribution is 2.24. The Morgan fingerprint density at radius 3 is 2.82 bits per heavy atom. The Bertz CT molecular complexity index is 649. The molecule has 1 aromatic heterocycles. The van der Waals surface area contributed by atoms with Crippen molar-refractivity contribution in [3.8, 4) is 5.75 Å². The molecule has 0 radical (unpaired) electrons. The number of aryl methyl sites for hydroxylation is 1. The van der Waals surface area contributed by atoms with Gasteiger partial charge in [0.25, 0.3) is 0 Å². The van der Waals surface area contributed by atoms with Crippen LogP contribution in [0.5, 0.6) is 5.75 Å². The first-order valence-electron chi connectivity index (χ1n) is 7.23. The maximum Gasteiger partial charge on any atom is 0.244 e. The van der Waals surface area contributed by atoms with Gasteiger partial charge >= 0.3 is 0 Å². The van der Waals surface area contributed by atoms with Gasteiger partial charge in [-0.05, 0) is 38.5 Å². The number of rotatable bonds is 6. The molecule has 1 aromatic carbocycles. The Labute approximate surface area is 130 Å². The molecule has 118 valence electrons. The molecule has 0 bridgehead atoms. The predicted octanol–water partition coefficient (Wildman–Crippen LogP) is 2.83. The molecule has 0 unspecified atom stereocenters. The molecular weight excluding hydrogens is 280 g/mol. The first-order valence-corrected chi connectivity index (χ1v) is 7.23. The van der Waals surface area contributed by atoms with Crippen molar-refractivity contribution >= 4 is 17.4 Å². The topological polar surface area (TPSA) is 68.2 Å². The third-order valence-electron chi connectivity index (χ3n) is 3.22. The van der Waals surface area contributed by atoms with Crippen molar-refractivity contribution in [1.29, 1.82) is 0 Å². The monoisotopic (exact) mass is 302 g/mol. The summed E-state index contributed by atoms with van der Waals surface area (Å²) < 4.78 is 7.05. The van der Waals surface area contributed by atoms with Gasteiger partial charge in [-0.3, -0.25) is 4.79 Å². The maximum atomic E-state index is 12.1. The van der Waals surface area contributed by atoms with Crippen LogP contribution in [-0.2, 0) is 4.79 Å². The Morgan fingerprint density at radius 1 is 1.36 bits per heavy atom. The van der Waals surface area contributed by atoms with Gasteiger partial charge in [-0.25, -0.2) is 4.68 Å². The fraction of sp³-hybridized carbons (Fsp3) is 0.375. The quantitative estimate of drug-likeness (QED) is 0.861. The number of amides is 1. The van der Waals surface area contributed by atoms with Crippen molar-refractivity contribution in [3.63, 3.8) is 0 Å². The zero-order chi connectivity index (χ0) is 16.1. The van der Waals surface area contributed by atoms with E-state index in [2.05, 4.69) is 15.7 Å². The van der Waals surface area contributed by atoms with Crippen molar-refractivity contribution in [2.24, 2.45) is 0 Å². The molecule has 2 aromatic rings. The Balaban J connectivity index is 1.98. The summed E-state index contributed by atoms with van der Waals surface area (Å²) in [7, 11) is 1.61. The summed E-state index contributed by atoms with van der Waals surface area (Å²) in [4.78, 5) is 12.1. The van der Waals surface area contributed by atoms with Gasteiger partial charge in [-0.1, -0.05) is 6.07 Å². The van der Waals surface area contributed by atoms with E-state index in [1.807, 2.05) is 39.0 Å². The highest BCUT2D eigenvalue weighted by Gasteiger charge is 2.10. The van der Waals surface area contributed by atoms with Crippen molar-refractivity contribution in [3.05, 3.63) is 36.0 Å². The van der Waals surface area contributed by atoms with Gasteiger partial charge in [0.1, 0.15) is 11.6 Å². The molecule has 1 heterocycles. The number of carbonyl (C=O) groups excluding carboxylic acids is 1. The summed E-state index contributed by atoms with van der Waals surface area (Å²) in [5.41, 5.74) is 1.90. The third-order valence-corrected chi connectivity index (χ3v) is 3.22. The molecule has 2 N–H and O–H groups in total. The zero-order valence-electron chi connectivity index (χ0n) is 13.4. The van der Waals surface area contributed by atoms with Crippen molar-refractivity contribution in [2.45, 2.75) is 26.8 Å². The van der Waals surface area contributed by atoms with E-state index in [-0.39, 0.29) is 18.5 Å².